The second-order valence-electron chi connectivity index (χ2n) is 8.53. The predicted octanol–water partition coefficient (Wildman–Crippen LogP) is 3.91. The lowest BCUT2D eigenvalue weighted by Crippen LogP contribution is -2.47. The van der Waals surface area contributed by atoms with E-state index in [1.165, 1.54) is 28.6 Å². The molecule has 174 valence electrons. The van der Waals surface area contributed by atoms with Crippen LogP contribution in [0, 0.1) is 13.8 Å². The van der Waals surface area contributed by atoms with E-state index in [1.54, 1.807) is 6.20 Å². The van der Waals surface area contributed by atoms with Crippen molar-refractivity contribution < 1.29 is 4.79 Å². The van der Waals surface area contributed by atoms with Gasteiger partial charge in [-0.1, -0.05) is 42.1 Å². The predicted molar refractivity (Wildman–Crippen MR) is 136 cm³/mol. The van der Waals surface area contributed by atoms with Crippen molar-refractivity contribution in [3.63, 3.8) is 0 Å². The first-order valence-electron chi connectivity index (χ1n) is 11.6. The van der Waals surface area contributed by atoms with E-state index in [2.05, 4.69) is 70.3 Å². The molecule has 6 nitrogen and oxygen atoms in total. The smallest absolute Gasteiger partial charge is 0.230 e. The zero-order chi connectivity index (χ0) is 23.0. The van der Waals surface area contributed by atoms with Crippen LogP contribution in [0.5, 0.6) is 0 Å². The summed E-state index contributed by atoms with van der Waals surface area (Å²) in [7, 11) is 0. The summed E-state index contributed by atoms with van der Waals surface area (Å²) in [6.45, 7) is 10.2. The van der Waals surface area contributed by atoms with E-state index >= 15 is 0 Å². The highest BCUT2D eigenvalue weighted by Gasteiger charge is 2.17. The molecule has 0 bridgehead atoms. The van der Waals surface area contributed by atoms with Gasteiger partial charge in [0.2, 0.25) is 5.91 Å². The quantitative estimate of drug-likeness (QED) is 0.385. The number of para-hydroxylation sites is 1. The van der Waals surface area contributed by atoms with Crippen LogP contribution in [-0.2, 0) is 4.79 Å². The zero-order valence-corrected chi connectivity index (χ0v) is 20.4. The number of anilines is 1. The summed E-state index contributed by atoms with van der Waals surface area (Å²) >= 11 is 1.47. The minimum atomic E-state index is 0.0589. The molecule has 0 radical (unpaired) electrons. The molecule has 0 aliphatic carbocycles. The lowest BCUT2D eigenvalue weighted by molar-refractivity contribution is -0.118. The highest BCUT2D eigenvalue weighted by Crippen LogP contribution is 2.22. The molecular formula is C26H33N5OS. The van der Waals surface area contributed by atoms with Crippen molar-refractivity contribution in [1.29, 1.82) is 0 Å². The fourth-order valence-corrected chi connectivity index (χ4v) is 4.98. The van der Waals surface area contributed by atoms with Gasteiger partial charge in [0.05, 0.1) is 11.4 Å². The fourth-order valence-electron chi connectivity index (χ4n) is 4.18. The van der Waals surface area contributed by atoms with Gasteiger partial charge in [-0.3, -0.25) is 14.3 Å². The minimum Gasteiger partial charge on any atom is -0.369 e. The largest absolute Gasteiger partial charge is 0.369 e. The molecule has 1 aromatic heterocycles. The molecule has 7 heteroatoms. The average molecular weight is 464 g/mol. The topological polar surface area (TPSA) is 53.4 Å². The van der Waals surface area contributed by atoms with Crippen LogP contribution in [0.25, 0.3) is 5.69 Å². The van der Waals surface area contributed by atoms with Crippen LogP contribution in [0.15, 0.2) is 66.1 Å². The molecule has 1 saturated heterocycles. The standard InChI is InChI=1S/C26H33N5OS/c1-21-7-5-9-23(19-21)30-17-15-29(16-18-30)13-6-11-27-25(32)20-33-26-28-12-14-31(26)24-10-4-3-8-22(24)2/h3-5,7-10,12,14,19H,6,11,13,15-18,20H2,1-2H3,(H,27,32). The number of benzene rings is 2. The molecule has 1 amide bonds. The van der Waals surface area contributed by atoms with Crippen molar-refractivity contribution in [1.82, 2.24) is 19.8 Å². The van der Waals surface area contributed by atoms with Crippen LogP contribution in [-0.4, -0.2) is 65.4 Å². The molecule has 1 aliphatic heterocycles. The summed E-state index contributed by atoms with van der Waals surface area (Å²) < 4.78 is 2.05. The Kier molecular flexibility index (Phi) is 8.07. The van der Waals surface area contributed by atoms with Crippen molar-refractivity contribution in [2.24, 2.45) is 0 Å². The zero-order valence-electron chi connectivity index (χ0n) is 19.5. The highest BCUT2D eigenvalue weighted by molar-refractivity contribution is 7.99. The maximum atomic E-state index is 12.3. The Morgan fingerprint density at radius 2 is 1.88 bits per heavy atom. The number of carbonyl (C=O) groups is 1. The van der Waals surface area contributed by atoms with Gasteiger partial charge >= 0.3 is 0 Å². The van der Waals surface area contributed by atoms with Crippen molar-refractivity contribution in [3.8, 4) is 5.69 Å². The first-order valence-corrected chi connectivity index (χ1v) is 12.6. The number of nitrogens with one attached hydrogen (secondary N) is 1. The number of aromatic nitrogens is 2. The average Bonchev–Trinajstić information content (AvgIpc) is 3.29. The first kappa shape index (κ1) is 23.4. The van der Waals surface area contributed by atoms with E-state index in [4.69, 9.17) is 0 Å². The maximum Gasteiger partial charge on any atom is 0.230 e. The third-order valence-corrected chi connectivity index (χ3v) is 6.99. The Morgan fingerprint density at radius 1 is 1.06 bits per heavy atom. The van der Waals surface area contributed by atoms with Crippen molar-refractivity contribution in [2.75, 3.05) is 49.9 Å². The number of aryl methyl sites for hydroxylation is 2. The molecular weight excluding hydrogens is 430 g/mol. The van der Waals surface area contributed by atoms with E-state index in [9.17, 15) is 4.79 Å². The second kappa shape index (κ2) is 11.4. The Morgan fingerprint density at radius 3 is 2.67 bits per heavy atom. The number of nitrogens with zero attached hydrogens (tertiary/aromatic N) is 4. The molecule has 3 aromatic rings. The highest BCUT2D eigenvalue weighted by atomic mass is 32.2. The second-order valence-corrected chi connectivity index (χ2v) is 9.47. The molecule has 0 atom stereocenters. The van der Waals surface area contributed by atoms with E-state index < -0.39 is 0 Å². The number of amides is 1. The molecule has 1 aliphatic rings. The Labute approximate surface area is 201 Å². The number of imidazole rings is 1. The Hall–Kier alpha value is -2.77. The van der Waals surface area contributed by atoms with E-state index in [0.29, 0.717) is 12.3 Å². The van der Waals surface area contributed by atoms with E-state index in [0.717, 1.165) is 50.0 Å². The molecule has 0 unspecified atom stereocenters. The first-order chi connectivity index (χ1) is 16.1. The summed E-state index contributed by atoms with van der Waals surface area (Å²) in [5.41, 5.74) is 4.91. The maximum absolute atomic E-state index is 12.3. The summed E-state index contributed by atoms with van der Waals surface area (Å²) in [5, 5.41) is 3.90. The normalized spacial score (nSPS) is 14.4. The number of hydrogen-bond acceptors (Lipinski definition) is 5. The third-order valence-electron chi connectivity index (χ3n) is 6.03. The number of carbonyl (C=O) groups excluding carboxylic acids is 1. The summed E-state index contributed by atoms with van der Waals surface area (Å²) in [6, 6.07) is 16.9. The molecule has 1 N–H and O–H groups in total. The molecule has 2 aromatic carbocycles. The van der Waals surface area contributed by atoms with Crippen molar-refractivity contribution in [2.45, 2.75) is 25.4 Å². The fraction of sp³-hybridized carbons (Fsp3) is 0.385. The van der Waals surface area contributed by atoms with Gasteiger partial charge in [-0.25, -0.2) is 4.98 Å². The van der Waals surface area contributed by atoms with Crippen molar-refractivity contribution >= 4 is 23.4 Å². The number of rotatable bonds is 9. The van der Waals surface area contributed by atoms with Crippen LogP contribution < -0.4 is 10.2 Å². The Bertz CT molecular complexity index is 1060. The summed E-state index contributed by atoms with van der Waals surface area (Å²) in [6.07, 6.45) is 4.70. The molecule has 4 rings (SSSR count). The van der Waals surface area contributed by atoms with Gasteiger partial charge in [-0.2, -0.15) is 0 Å². The van der Waals surface area contributed by atoms with Gasteiger partial charge in [0.1, 0.15) is 0 Å². The minimum absolute atomic E-state index is 0.0589. The van der Waals surface area contributed by atoms with Gasteiger partial charge in [0.15, 0.2) is 5.16 Å². The SMILES string of the molecule is Cc1cccc(N2CCN(CCCNC(=O)CSc3nccn3-c3ccccc3C)CC2)c1. The molecule has 0 spiro atoms. The van der Waals surface area contributed by atoms with Gasteiger partial charge in [-0.15, -0.1) is 0 Å². The van der Waals surface area contributed by atoms with Crippen LogP contribution in [0.3, 0.4) is 0 Å². The number of piperazine rings is 1. The monoisotopic (exact) mass is 463 g/mol. The Balaban J connectivity index is 1.14. The van der Waals surface area contributed by atoms with Gasteiger partial charge in [0.25, 0.3) is 0 Å². The van der Waals surface area contributed by atoms with Crippen LogP contribution in [0.4, 0.5) is 5.69 Å². The summed E-state index contributed by atoms with van der Waals surface area (Å²) in [5.74, 6) is 0.432. The van der Waals surface area contributed by atoms with E-state index in [1.807, 2.05) is 22.9 Å². The van der Waals surface area contributed by atoms with Crippen LogP contribution >= 0.6 is 11.8 Å². The lowest BCUT2D eigenvalue weighted by atomic mass is 10.2. The van der Waals surface area contributed by atoms with E-state index in [-0.39, 0.29) is 5.91 Å². The molecule has 0 saturated carbocycles. The van der Waals surface area contributed by atoms with Crippen LogP contribution in [0.2, 0.25) is 0 Å². The van der Waals surface area contributed by atoms with Gasteiger partial charge < -0.3 is 10.2 Å². The van der Waals surface area contributed by atoms with Crippen molar-refractivity contribution in [3.05, 3.63) is 72.1 Å². The van der Waals surface area contributed by atoms with Crippen LogP contribution in [0.1, 0.15) is 17.5 Å². The molecule has 2 heterocycles. The van der Waals surface area contributed by atoms with Gasteiger partial charge in [0, 0.05) is 50.8 Å². The van der Waals surface area contributed by atoms with Gasteiger partial charge in [-0.05, 0) is 56.1 Å². The number of hydrogen-bond donors (Lipinski definition) is 1. The third kappa shape index (κ3) is 6.39. The number of thioether (sulfide) groups is 1. The lowest BCUT2D eigenvalue weighted by Gasteiger charge is -2.36. The molecule has 33 heavy (non-hydrogen) atoms. The molecule has 1 fully saturated rings. The summed E-state index contributed by atoms with van der Waals surface area (Å²) in [4.78, 5) is 21.7.